The Morgan fingerprint density at radius 1 is 1.12 bits per heavy atom. The van der Waals surface area contributed by atoms with Crippen LogP contribution in [0.25, 0.3) is 0 Å². The van der Waals surface area contributed by atoms with Crippen LogP contribution in [0.15, 0.2) is 67.3 Å². The molecule has 0 aromatic heterocycles. The molecule has 5 nitrogen and oxygen atoms in total. The van der Waals surface area contributed by atoms with Crippen molar-refractivity contribution in [3.8, 4) is 5.75 Å². The maximum Gasteiger partial charge on any atom is 0.327 e. The number of carboxylic acids is 1. The van der Waals surface area contributed by atoms with E-state index in [1.54, 1.807) is 12.1 Å². The minimum Gasteiger partial charge on any atom is -0.478 e. The molecule has 0 heterocycles. The van der Waals surface area contributed by atoms with Gasteiger partial charge >= 0.3 is 5.97 Å². The van der Waals surface area contributed by atoms with Gasteiger partial charge in [-0.1, -0.05) is 62.9 Å². The summed E-state index contributed by atoms with van der Waals surface area (Å²) in [5, 5.41) is 25.6. The van der Waals surface area contributed by atoms with Gasteiger partial charge < -0.3 is 20.1 Å². The molecule has 1 atom stereocenters. The number of ether oxygens (including phenoxy) is 1. The number of hydrogen-bond donors (Lipinski definition) is 3. The average molecular weight is 344 g/mol. The zero-order valence-corrected chi connectivity index (χ0v) is 14.4. The van der Waals surface area contributed by atoms with Crippen molar-refractivity contribution < 1.29 is 24.9 Å². The maximum atomic E-state index is 9.25. The van der Waals surface area contributed by atoms with E-state index in [2.05, 4.69) is 32.6 Å². The molecule has 3 N–H and O–H groups in total. The second kappa shape index (κ2) is 9.61. The molecule has 5 heteroatoms. The third kappa shape index (κ3) is 6.41. The normalized spacial score (nSPS) is 11.7. The van der Waals surface area contributed by atoms with Crippen LogP contribution in [0.2, 0.25) is 0 Å². The number of aliphatic hydroxyl groups excluding tert-OH is 2. The van der Waals surface area contributed by atoms with E-state index in [0.717, 1.165) is 11.6 Å². The van der Waals surface area contributed by atoms with Gasteiger partial charge in [0.05, 0.1) is 0 Å². The third-order valence-electron chi connectivity index (χ3n) is 3.67. The first-order valence-corrected chi connectivity index (χ1v) is 7.78. The van der Waals surface area contributed by atoms with Crippen LogP contribution in [0.3, 0.4) is 0 Å². The van der Waals surface area contributed by atoms with Gasteiger partial charge in [0.25, 0.3) is 0 Å². The van der Waals surface area contributed by atoms with Gasteiger partial charge in [-0.05, 0) is 23.3 Å². The Balaban J connectivity index is 0.000000550. The SMILES string of the molecule is C=CC(=O)O.CC(C)(c1ccccc1)c1ccc(OC(O)CO)cc1. The Morgan fingerprint density at radius 2 is 1.60 bits per heavy atom. The summed E-state index contributed by atoms with van der Waals surface area (Å²) in [5.41, 5.74) is 2.30. The summed E-state index contributed by atoms with van der Waals surface area (Å²) in [4.78, 5) is 9.25. The minimum absolute atomic E-state index is 0.102. The number of carboxylic acid groups (broad SMARTS) is 1. The standard InChI is InChI=1S/C17H20O3.C3H4O2/c1-17(2,13-6-4-3-5-7-13)14-8-10-15(11-9-14)20-16(19)12-18;1-2-3(4)5/h3-11,16,18-19H,12H2,1-2H3;2H,1H2,(H,4,5). The monoisotopic (exact) mass is 344 g/mol. The number of hydrogen-bond acceptors (Lipinski definition) is 4. The summed E-state index contributed by atoms with van der Waals surface area (Å²) in [6.07, 6.45) is -0.344. The summed E-state index contributed by atoms with van der Waals surface area (Å²) in [5.74, 6) is -0.441. The van der Waals surface area contributed by atoms with Gasteiger partial charge in [-0.25, -0.2) is 4.79 Å². The van der Waals surface area contributed by atoms with Gasteiger partial charge in [0.2, 0.25) is 6.29 Å². The highest BCUT2D eigenvalue weighted by Gasteiger charge is 2.22. The van der Waals surface area contributed by atoms with Gasteiger partial charge in [0.15, 0.2) is 0 Å². The summed E-state index contributed by atoms with van der Waals surface area (Å²) in [7, 11) is 0. The van der Waals surface area contributed by atoms with E-state index in [1.807, 2.05) is 30.3 Å². The van der Waals surface area contributed by atoms with Crippen molar-refractivity contribution in [2.75, 3.05) is 6.61 Å². The van der Waals surface area contributed by atoms with E-state index in [1.165, 1.54) is 5.56 Å². The Hall–Kier alpha value is -2.63. The molecular formula is C20H24O5. The highest BCUT2D eigenvalue weighted by Crippen LogP contribution is 2.32. The van der Waals surface area contributed by atoms with E-state index in [4.69, 9.17) is 14.9 Å². The molecule has 0 aliphatic carbocycles. The van der Waals surface area contributed by atoms with Crippen molar-refractivity contribution >= 4 is 5.97 Å². The van der Waals surface area contributed by atoms with E-state index >= 15 is 0 Å². The molecule has 0 saturated carbocycles. The molecule has 0 fully saturated rings. The quantitative estimate of drug-likeness (QED) is 0.554. The molecule has 2 aromatic rings. The molecule has 2 aromatic carbocycles. The lowest BCUT2D eigenvalue weighted by Gasteiger charge is -2.26. The van der Waals surface area contributed by atoms with Crippen molar-refractivity contribution in [2.45, 2.75) is 25.6 Å². The molecule has 25 heavy (non-hydrogen) atoms. The second-order valence-electron chi connectivity index (χ2n) is 5.81. The summed E-state index contributed by atoms with van der Waals surface area (Å²) in [6.45, 7) is 6.88. The molecule has 0 spiro atoms. The number of aliphatic hydroxyl groups is 2. The number of aliphatic carboxylic acids is 1. The molecule has 0 aliphatic heterocycles. The van der Waals surface area contributed by atoms with Crippen molar-refractivity contribution in [3.63, 3.8) is 0 Å². The van der Waals surface area contributed by atoms with Crippen molar-refractivity contribution in [3.05, 3.63) is 78.4 Å². The first-order valence-electron chi connectivity index (χ1n) is 7.78. The second-order valence-corrected chi connectivity index (χ2v) is 5.81. The Morgan fingerprint density at radius 3 is 2.04 bits per heavy atom. The zero-order valence-electron chi connectivity index (χ0n) is 14.4. The van der Waals surface area contributed by atoms with E-state index in [0.29, 0.717) is 5.75 Å². The minimum atomic E-state index is -1.18. The summed E-state index contributed by atoms with van der Waals surface area (Å²) in [6, 6.07) is 17.9. The van der Waals surface area contributed by atoms with Crippen LogP contribution in [-0.4, -0.2) is 34.2 Å². The largest absolute Gasteiger partial charge is 0.478 e. The van der Waals surface area contributed by atoms with E-state index < -0.39 is 18.9 Å². The van der Waals surface area contributed by atoms with E-state index in [-0.39, 0.29) is 5.41 Å². The van der Waals surface area contributed by atoms with Crippen LogP contribution >= 0.6 is 0 Å². The molecule has 134 valence electrons. The molecule has 0 bridgehead atoms. The molecule has 1 unspecified atom stereocenters. The average Bonchev–Trinajstić information content (AvgIpc) is 2.63. The lowest BCUT2D eigenvalue weighted by atomic mass is 9.78. The van der Waals surface area contributed by atoms with Crippen LogP contribution in [0.1, 0.15) is 25.0 Å². The lowest BCUT2D eigenvalue weighted by molar-refractivity contribution is -0.131. The van der Waals surface area contributed by atoms with Crippen LogP contribution in [0.5, 0.6) is 5.75 Å². The maximum absolute atomic E-state index is 9.25. The third-order valence-corrected chi connectivity index (χ3v) is 3.67. The highest BCUT2D eigenvalue weighted by molar-refractivity contribution is 5.78. The molecule has 2 rings (SSSR count). The van der Waals surface area contributed by atoms with Crippen LogP contribution in [0, 0.1) is 0 Å². The zero-order chi connectivity index (χ0) is 18.9. The van der Waals surface area contributed by atoms with Gasteiger partial charge in [0, 0.05) is 11.5 Å². The molecule has 0 saturated heterocycles. The topological polar surface area (TPSA) is 87.0 Å². The van der Waals surface area contributed by atoms with Gasteiger partial charge in [-0.15, -0.1) is 0 Å². The van der Waals surface area contributed by atoms with Gasteiger partial charge in [-0.2, -0.15) is 0 Å². The fraction of sp³-hybridized carbons (Fsp3) is 0.250. The predicted molar refractivity (Wildman–Crippen MR) is 96.6 cm³/mol. The first kappa shape index (κ1) is 20.4. The van der Waals surface area contributed by atoms with Crippen LogP contribution < -0.4 is 4.74 Å². The van der Waals surface area contributed by atoms with Crippen molar-refractivity contribution in [2.24, 2.45) is 0 Å². The highest BCUT2D eigenvalue weighted by atomic mass is 16.6. The van der Waals surface area contributed by atoms with Gasteiger partial charge in [0.1, 0.15) is 12.4 Å². The Labute approximate surface area is 147 Å². The molecule has 0 radical (unpaired) electrons. The van der Waals surface area contributed by atoms with Crippen LogP contribution in [0.4, 0.5) is 0 Å². The van der Waals surface area contributed by atoms with Gasteiger partial charge in [-0.3, -0.25) is 0 Å². The van der Waals surface area contributed by atoms with Crippen molar-refractivity contribution in [1.82, 2.24) is 0 Å². The summed E-state index contributed by atoms with van der Waals surface area (Å²) < 4.78 is 5.14. The summed E-state index contributed by atoms with van der Waals surface area (Å²) >= 11 is 0. The van der Waals surface area contributed by atoms with Crippen molar-refractivity contribution in [1.29, 1.82) is 0 Å². The van der Waals surface area contributed by atoms with Crippen LogP contribution in [-0.2, 0) is 10.2 Å². The smallest absolute Gasteiger partial charge is 0.327 e. The van der Waals surface area contributed by atoms with E-state index in [9.17, 15) is 9.90 Å². The predicted octanol–water partition coefficient (Wildman–Crippen LogP) is 2.96. The molecular weight excluding hydrogens is 320 g/mol. The lowest BCUT2D eigenvalue weighted by Crippen LogP contribution is -2.20. The Bertz CT molecular complexity index is 662. The Kier molecular flexibility index (Phi) is 7.85. The fourth-order valence-corrected chi connectivity index (χ4v) is 2.17. The first-order chi connectivity index (χ1) is 11.8. The number of benzene rings is 2. The number of rotatable bonds is 6. The number of carbonyl (C=O) groups is 1. The molecule has 0 amide bonds. The molecule has 0 aliphatic rings. The fourth-order valence-electron chi connectivity index (χ4n) is 2.17.